The van der Waals surface area contributed by atoms with Crippen molar-refractivity contribution < 1.29 is 9.53 Å². The average molecular weight is 425 g/mol. The summed E-state index contributed by atoms with van der Waals surface area (Å²) in [7, 11) is 1.68. The number of H-pyrrole nitrogens is 1. The number of aromatic nitrogens is 3. The Morgan fingerprint density at radius 2 is 1.87 bits per heavy atom. The Morgan fingerprint density at radius 3 is 2.58 bits per heavy atom. The van der Waals surface area contributed by atoms with Gasteiger partial charge in [-0.15, -0.1) is 0 Å². The summed E-state index contributed by atoms with van der Waals surface area (Å²) in [4.78, 5) is 23.9. The van der Waals surface area contributed by atoms with Crippen molar-refractivity contribution in [3.05, 3.63) is 42.0 Å². The molecule has 0 saturated carbocycles. The number of carbonyl (C=O) groups excluding carboxylic acids is 1. The number of nitrogens with one attached hydrogen (secondary N) is 1. The second-order valence-corrected chi connectivity index (χ2v) is 7.66. The number of methoxy groups -OCH3 is 1. The molecular formula is C25H36N4O2. The summed E-state index contributed by atoms with van der Waals surface area (Å²) in [5.74, 6) is 2.15. The maximum Gasteiger partial charge on any atom is 0.132 e. The lowest BCUT2D eigenvalue weighted by atomic mass is 10.1. The Labute approximate surface area is 185 Å². The maximum atomic E-state index is 11.3. The molecule has 0 aliphatic rings. The third kappa shape index (κ3) is 7.47. The number of aryl methyl sites for hydroxylation is 2. The third-order valence-electron chi connectivity index (χ3n) is 5.08. The Kier molecular flexibility index (Phi) is 10.2. The van der Waals surface area contributed by atoms with Crippen LogP contribution in [0.25, 0.3) is 22.2 Å². The highest BCUT2D eigenvalue weighted by Gasteiger charge is 2.12. The van der Waals surface area contributed by atoms with Gasteiger partial charge in [-0.1, -0.05) is 32.8 Å². The molecule has 2 aromatic heterocycles. The zero-order chi connectivity index (χ0) is 22.6. The van der Waals surface area contributed by atoms with Gasteiger partial charge in [-0.3, -0.25) is 9.78 Å². The Hall–Kier alpha value is -2.73. The number of pyridine rings is 1. The van der Waals surface area contributed by atoms with E-state index < -0.39 is 0 Å². The third-order valence-corrected chi connectivity index (χ3v) is 5.08. The van der Waals surface area contributed by atoms with Crippen molar-refractivity contribution in [3.8, 4) is 17.0 Å². The summed E-state index contributed by atoms with van der Waals surface area (Å²) in [6.45, 7) is 6.57. The number of hydrogen-bond donors (Lipinski definition) is 2. The predicted molar refractivity (Wildman–Crippen MR) is 127 cm³/mol. The molecule has 0 fully saturated rings. The molecule has 6 heteroatoms. The molecule has 31 heavy (non-hydrogen) atoms. The Bertz CT molecular complexity index is 965. The van der Waals surface area contributed by atoms with Crippen molar-refractivity contribution in [3.63, 3.8) is 0 Å². The average Bonchev–Trinajstić information content (AvgIpc) is 3.24. The van der Waals surface area contributed by atoms with Crippen LogP contribution in [0.15, 0.2) is 30.5 Å². The number of ketones is 1. The fourth-order valence-corrected chi connectivity index (χ4v) is 3.40. The van der Waals surface area contributed by atoms with E-state index in [1.807, 2.05) is 39.1 Å². The number of ether oxygens (including phenoxy) is 1. The smallest absolute Gasteiger partial charge is 0.132 e. The van der Waals surface area contributed by atoms with Gasteiger partial charge in [0.15, 0.2) is 0 Å². The molecule has 168 valence electrons. The topological polar surface area (TPSA) is 93.9 Å². The molecule has 0 atom stereocenters. The molecule has 3 aromatic rings. The van der Waals surface area contributed by atoms with Crippen LogP contribution in [-0.4, -0.2) is 34.4 Å². The second kappa shape index (κ2) is 12.8. The molecule has 0 amide bonds. The summed E-state index contributed by atoms with van der Waals surface area (Å²) in [6.07, 6.45) is 8.46. The molecule has 0 saturated heterocycles. The fraction of sp³-hybridized carbons (Fsp3) is 0.480. The van der Waals surface area contributed by atoms with Crippen LogP contribution in [0.5, 0.6) is 5.75 Å². The van der Waals surface area contributed by atoms with E-state index in [2.05, 4.69) is 27.1 Å². The number of imidazole rings is 1. The van der Waals surface area contributed by atoms with Crippen molar-refractivity contribution in [2.45, 2.75) is 65.7 Å². The number of hydrogen-bond acceptors (Lipinski definition) is 5. The second-order valence-electron chi connectivity index (χ2n) is 7.66. The molecule has 3 N–H and O–H groups in total. The van der Waals surface area contributed by atoms with Crippen molar-refractivity contribution in [1.82, 2.24) is 15.0 Å². The number of aromatic amines is 1. The van der Waals surface area contributed by atoms with Crippen LogP contribution in [0.4, 0.5) is 0 Å². The number of benzene rings is 1. The summed E-state index contributed by atoms with van der Waals surface area (Å²) >= 11 is 0. The number of fused-ring (bicyclic) bond motifs is 1. The van der Waals surface area contributed by atoms with E-state index in [0.29, 0.717) is 12.2 Å². The first-order chi connectivity index (χ1) is 15.0. The molecule has 3 rings (SSSR count). The maximum absolute atomic E-state index is 11.3. The van der Waals surface area contributed by atoms with Crippen LogP contribution < -0.4 is 10.5 Å². The van der Waals surface area contributed by atoms with Crippen LogP contribution in [0.3, 0.4) is 0 Å². The van der Waals surface area contributed by atoms with Gasteiger partial charge in [-0.25, -0.2) is 4.98 Å². The molecule has 0 aliphatic heterocycles. The molecule has 0 bridgehead atoms. The largest absolute Gasteiger partial charge is 0.496 e. The van der Waals surface area contributed by atoms with Crippen molar-refractivity contribution in [2.75, 3.05) is 13.7 Å². The van der Waals surface area contributed by atoms with E-state index in [4.69, 9.17) is 10.5 Å². The lowest BCUT2D eigenvalue weighted by molar-refractivity contribution is -0.118. The molecule has 0 spiro atoms. The highest BCUT2D eigenvalue weighted by molar-refractivity contribution is 5.87. The summed E-state index contributed by atoms with van der Waals surface area (Å²) < 4.78 is 5.60. The number of nitrogens with two attached hydrogens (primary N) is 1. The van der Waals surface area contributed by atoms with E-state index in [9.17, 15) is 4.79 Å². The van der Waals surface area contributed by atoms with Gasteiger partial charge in [0.2, 0.25) is 0 Å². The summed E-state index contributed by atoms with van der Waals surface area (Å²) in [5, 5.41) is 1.08. The molecule has 2 heterocycles. The minimum absolute atomic E-state index is 0.366. The van der Waals surface area contributed by atoms with E-state index in [-0.39, 0.29) is 0 Å². The summed E-state index contributed by atoms with van der Waals surface area (Å²) in [6, 6.07) is 8.19. The van der Waals surface area contributed by atoms with Gasteiger partial charge in [-0.05, 0) is 38.4 Å². The minimum atomic E-state index is 0.366. The first-order valence-electron chi connectivity index (χ1n) is 11.2. The first-order valence-corrected chi connectivity index (χ1v) is 11.2. The van der Waals surface area contributed by atoms with Crippen LogP contribution >= 0.6 is 0 Å². The summed E-state index contributed by atoms with van der Waals surface area (Å²) in [5.41, 5.74) is 8.73. The van der Waals surface area contributed by atoms with Crippen molar-refractivity contribution in [2.24, 2.45) is 5.73 Å². The molecule has 0 unspecified atom stereocenters. The lowest BCUT2D eigenvalue weighted by Crippen LogP contribution is -1.95. The quantitative estimate of drug-likeness (QED) is 0.426. The van der Waals surface area contributed by atoms with Crippen molar-refractivity contribution in [1.29, 1.82) is 0 Å². The number of rotatable bonds is 10. The standard InChI is InChI=1S/C23H29N3O2.C2H7N/c1-4-18(27)9-7-5-6-8-10-23-24-15-21(26-23)19-13-17-12-11-16(2)25-20(17)14-22(19)28-3;1-2-3/h11-15H,4-10H2,1-3H3,(H,24,26);2-3H2,1H3. The number of nitrogens with zero attached hydrogens (tertiary/aromatic N) is 2. The van der Waals surface area contributed by atoms with Gasteiger partial charge in [0.1, 0.15) is 17.4 Å². The number of unbranched alkanes of at least 4 members (excludes halogenated alkanes) is 3. The highest BCUT2D eigenvalue weighted by atomic mass is 16.5. The number of Topliss-reactive ketones (excluding diaryl/α,β-unsaturated/α-hetero) is 1. The van der Waals surface area contributed by atoms with E-state index in [1.54, 1.807) is 7.11 Å². The Morgan fingerprint density at radius 1 is 1.13 bits per heavy atom. The minimum Gasteiger partial charge on any atom is -0.496 e. The molecule has 0 aliphatic carbocycles. The van der Waals surface area contributed by atoms with Crippen LogP contribution in [0, 0.1) is 6.92 Å². The monoisotopic (exact) mass is 424 g/mol. The van der Waals surface area contributed by atoms with Crippen LogP contribution in [-0.2, 0) is 11.2 Å². The van der Waals surface area contributed by atoms with E-state index >= 15 is 0 Å². The SMILES string of the molecule is CCC(=O)CCCCCCc1ncc(-c2cc3ccc(C)nc3cc2OC)[nH]1.CCN. The zero-order valence-corrected chi connectivity index (χ0v) is 19.3. The van der Waals surface area contributed by atoms with E-state index in [1.165, 1.54) is 0 Å². The van der Waals surface area contributed by atoms with Gasteiger partial charge >= 0.3 is 0 Å². The number of carbonyl (C=O) groups is 1. The van der Waals surface area contributed by atoms with Crippen molar-refractivity contribution >= 4 is 16.7 Å². The van der Waals surface area contributed by atoms with Crippen LogP contribution in [0.2, 0.25) is 0 Å². The molecule has 6 nitrogen and oxygen atoms in total. The molecule has 1 aromatic carbocycles. The van der Waals surface area contributed by atoms with Gasteiger partial charge in [-0.2, -0.15) is 0 Å². The van der Waals surface area contributed by atoms with Gasteiger partial charge in [0, 0.05) is 42.0 Å². The predicted octanol–water partition coefficient (Wildman–Crippen LogP) is 5.38. The zero-order valence-electron chi connectivity index (χ0n) is 19.3. The Balaban J connectivity index is 0.00000107. The van der Waals surface area contributed by atoms with E-state index in [0.717, 1.165) is 84.5 Å². The molecular weight excluding hydrogens is 388 g/mol. The lowest BCUT2D eigenvalue weighted by Gasteiger charge is -2.09. The highest BCUT2D eigenvalue weighted by Crippen LogP contribution is 2.33. The van der Waals surface area contributed by atoms with Gasteiger partial charge in [0.25, 0.3) is 0 Å². The van der Waals surface area contributed by atoms with Crippen LogP contribution in [0.1, 0.15) is 63.9 Å². The first kappa shape index (κ1) is 24.5. The fourth-order valence-electron chi connectivity index (χ4n) is 3.40. The molecule has 0 radical (unpaired) electrons. The normalized spacial score (nSPS) is 10.6. The van der Waals surface area contributed by atoms with Gasteiger partial charge in [0.05, 0.1) is 24.5 Å². The van der Waals surface area contributed by atoms with Gasteiger partial charge < -0.3 is 15.5 Å².